The number of Topliss-reactive ketones (excluding diaryl/α,β-unsaturated/α-hetero) is 1. The third kappa shape index (κ3) is 0.577. The van der Waals surface area contributed by atoms with Crippen molar-refractivity contribution in [2.24, 2.45) is 17.8 Å². The van der Waals surface area contributed by atoms with Crippen LogP contribution in [0, 0.1) is 17.8 Å². The molecule has 2 bridgehead atoms. The van der Waals surface area contributed by atoms with Crippen molar-refractivity contribution in [3.8, 4) is 0 Å². The van der Waals surface area contributed by atoms with E-state index in [0.29, 0.717) is 23.5 Å². The van der Waals surface area contributed by atoms with E-state index in [2.05, 4.69) is 6.92 Å². The van der Waals surface area contributed by atoms with E-state index in [1.54, 1.807) is 0 Å². The Kier molecular flexibility index (Phi) is 0.961. The highest BCUT2D eigenvalue weighted by Gasteiger charge is 2.44. The van der Waals surface area contributed by atoms with Gasteiger partial charge in [-0.3, -0.25) is 4.79 Å². The zero-order chi connectivity index (χ0) is 6.43. The molecule has 3 atom stereocenters. The lowest BCUT2D eigenvalue weighted by molar-refractivity contribution is -0.121. The molecule has 2 rings (SSSR count). The van der Waals surface area contributed by atoms with Crippen LogP contribution in [0.4, 0.5) is 0 Å². The molecule has 2 aliphatic rings. The zero-order valence-electron chi connectivity index (χ0n) is 5.76. The van der Waals surface area contributed by atoms with E-state index in [1.165, 1.54) is 19.3 Å². The Balaban J connectivity index is 2.26. The van der Waals surface area contributed by atoms with Gasteiger partial charge >= 0.3 is 0 Å². The van der Waals surface area contributed by atoms with E-state index >= 15 is 0 Å². The Morgan fingerprint density at radius 2 is 2.22 bits per heavy atom. The molecular weight excluding hydrogens is 112 g/mol. The van der Waals surface area contributed by atoms with Gasteiger partial charge in [-0.2, -0.15) is 0 Å². The monoisotopic (exact) mass is 124 g/mol. The standard InChI is InChI=1S/C8H12O/c1-5-4-6-2-3-7(5)8(6)9/h5-7H,2-4H2,1H3. The lowest BCUT2D eigenvalue weighted by Gasteiger charge is -2.13. The summed E-state index contributed by atoms with van der Waals surface area (Å²) in [5.74, 6) is 2.22. The zero-order valence-corrected chi connectivity index (χ0v) is 5.76. The number of hydrogen-bond acceptors (Lipinski definition) is 1. The summed E-state index contributed by atoms with van der Waals surface area (Å²) in [6.07, 6.45) is 3.56. The van der Waals surface area contributed by atoms with Gasteiger partial charge in [-0.05, 0) is 25.2 Å². The Labute approximate surface area is 55.4 Å². The molecule has 0 aromatic heterocycles. The maximum atomic E-state index is 11.2. The maximum absolute atomic E-state index is 11.2. The Morgan fingerprint density at radius 3 is 2.44 bits per heavy atom. The molecule has 0 heterocycles. The fourth-order valence-electron chi connectivity index (χ4n) is 2.38. The summed E-state index contributed by atoms with van der Waals surface area (Å²) < 4.78 is 0. The van der Waals surface area contributed by atoms with Crippen molar-refractivity contribution in [2.45, 2.75) is 26.2 Å². The van der Waals surface area contributed by atoms with Gasteiger partial charge in [0.2, 0.25) is 0 Å². The summed E-state index contributed by atoms with van der Waals surface area (Å²) in [4.78, 5) is 11.2. The number of hydrogen-bond donors (Lipinski definition) is 0. The average molecular weight is 124 g/mol. The molecule has 1 heteroatoms. The number of rotatable bonds is 0. The van der Waals surface area contributed by atoms with Crippen molar-refractivity contribution >= 4 is 5.78 Å². The highest BCUT2D eigenvalue weighted by molar-refractivity contribution is 5.87. The largest absolute Gasteiger partial charge is 0.299 e. The number of carbonyl (C=O) groups excluding carboxylic acids is 1. The fourth-order valence-corrected chi connectivity index (χ4v) is 2.38. The molecule has 0 aromatic carbocycles. The topological polar surface area (TPSA) is 17.1 Å². The molecule has 2 fully saturated rings. The second kappa shape index (κ2) is 1.59. The molecule has 0 N–H and O–H groups in total. The van der Waals surface area contributed by atoms with Gasteiger partial charge in [-0.25, -0.2) is 0 Å². The van der Waals surface area contributed by atoms with Gasteiger partial charge in [0.05, 0.1) is 0 Å². The highest BCUT2D eigenvalue weighted by atomic mass is 16.1. The predicted octanol–water partition coefficient (Wildman–Crippen LogP) is 1.62. The van der Waals surface area contributed by atoms with Crippen LogP contribution in [-0.4, -0.2) is 5.78 Å². The van der Waals surface area contributed by atoms with E-state index in [4.69, 9.17) is 0 Å². The van der Waals surface area contributed by atoms with Gasteiger partial charge in [0.25, 0.3) is 0 Å². The van der Waals surface area contributed by atoms with E-state index in [1.807, 2.05) is 0 Å². The summed E-state index contributed by atoms with van der Waals surface area (Å²) in [5.41, 5.74) is 0. The molecule has 0 spiro atoms. The van der Waals surface area contributed by atoms with E-state index in [9.17, 15) is 4.79 Å². The lowest BCUT2D eigenvalue weighted by atomic mass is 9.91. The number of carbonyl (C=O) groups is 1. The molecule has 0 radical (unpaired) electrons. The van der Waals surface area contributed by atoms with Crippen LogP contribution < -0.4 is 0 Å². The molecule has 2 saturated carbocycles. The second-order valence-electron chi connectivity index (χ2n) is 3.50. The number of ketones is 1. The molecule has 1 nitrogen and oxygen atoms in total. The van der Waals surface area contributed by atoms with Crippen LogP contribution in [0.2, 0.25) is 0 Å². The molecule has 0 aliphatic heterocycles. The second-order valence-corrected chi connectivity index (χ2v) is 3.50. The van der Waals surface area contributed by atoms with Crippen LogP contribution in [-0.2, 0) is 4.79 Å². The minimum atomic E-state index is 0.468. The highest BCUT2D eigenvalue weighted by Crippen LogP contribution is 2.44. The molecule has 9 heavy (non-hydrogen) atoms. The van der Waals surface area contributed by atoms with Crippen LogP contribution in [0.25, 0.3) is 0 Å². The Hall–Kier alpha value is -0.330. The van der Waals surface area contributed by atoms with Gasteiger partial charge < -0.3 is 0 Å². The summed E-state index contributed by atoms with van der Waals surface area (Å²) in [7, 11) is 0. The minimum absolute atomic E-state index is 0.468. The first kappa shape index (κ1) is 5.45. The van der Waals surface area contributed by atoms with E-state index in [-0.39, 0.29) is 0 Å². The summed E-state index contributed by atoms with van der Waals surface area (Å²) >= 11 is 0. The van der Waals surface area contributed by atoms with Crippen molar-refractivity contribution in [3.63, 3.8) is 0 Å². The normalized spacial score (nSPS) is 48.6. The molecule has 2 aliphatic carbocycles. The summed E-state index contributed by atoms with van der Waals surface area (Å²) in [6, 6.07) is 0. The first-order chi connectivity index (χ1) is 4.29. The molecular formula is C8H12O. The summed E-state index contributed by atoms with van der Waals surface area (Å²) in [6.45, 7) is 2.21. The molecule has 50 valence electrons. The van der Waals surface area contributed by atoms with Crippen molar-refractivity contribution in [1.82, 2.24) is 0 Å². The third-order valence-electron chi connectivity index (χ3n) is 2.94. The van der Waals surface area contributed by atoms with Gasteiger partial charge in [-0.15, -0.1) is 0 Å². The fraction of sp³-hybridized carbons (Fsp3) is 0.875. The third-order valence-corrected chi connectivity index (χ3v) is 2.94. The van der Waals surface area contributed by atoms with Crippen LogP contribution in [0.15, 0.2) is 0 Å². The number of fused-ring (bicyclic) bond motifs is 2. The van der Waals surface area contributed by atoms with Crippen molar-refractivity contribution in [1.29, 1.82) is 0 Å². The quantitative estimate of drug-likeness (QED) is 0.479. The van der Waals surface area contributed by atoms with E-state index in [0.717, 1.165) is 0 Å². The first-order valence-electron chi connectivity index (χ1n) is 3.83. The van der Waals surface area contributed by atoms with E-state index < -0.39 is 0 Å². The van der Waals surface area contributed by atoms with Crippen LogP contribution >= 0.6 is 0 Å². The first-order valence-corrected chi connectivity index (χ1v) is 3.83. The molecule has 0 aromatic rings. The minimum Gasteiger partial charge on any atom is -0.299 e. The van der Waals surface area contributed by atoms with Crippen molar-refractivity contribution in [3.05, 3.63) is 0 Å². The molecule has 0 amide bonds. The van der Waals surface area contributed by atoms with Crippen LogP contribution in [0.1, 0.15) is 26.2 Å². The predicted molar refractivity (Wildman–Crippen MR) is 35.0 cm³/mol. The van der Waals surface area contributed by atoms with Gasteiger partial charge in [0.1, 0.15) is 5.78 Å². The smallest absolute Gasteiger partial charge is 0.139 e. The van der Waals surface area contributed by atoms with Gasteiger partial charge in [0.15, 0.2) is 0 Å². The van der Waals surface area contributed by atoms with Gasteiger partial charge in [0, 0.05) is 11.8 Å². The summed E-state index contributed by atoms with van der Waals surface area (Å²) in [5, 5.41) is 0. The van der Waals surface area contributed by atoms with Crippen molar-refractivity contribution in [2.75, 3.05) is 0 Å². The Morgan fingerprint density at radius 1 is 1.44 bits per heavy atom. The lowest BCUT2D eigenvalue weighted by Crippen LogP contribution is -2.07. The average Bonchev–Trinajstić information content (AvgIpc) is 2.25. The van der Waals surface area contributed by atoms with Crippen LogP contribution in [0.3, 0.4) is 0 Å². The molecule has 0 saturated heterocycles. The van der Waals surface area contributed by atoms with Crippen molar-refractivity contribution < 1.29 is 4.79 Å². The van der Waals surface area contributed by atoms with Crippen LogP contribution in [0.5, 0.6) is 0 Å². The molecule has 3 unspecified atom stereocenters. The van der Waals surface area contributed by atoms with Gasteiger partial charge in [-0.1, -0.05) is 6.92 Å². The SMILES string of the molecule is CC1CC2CCC1C2=O. The Bertz CT molecular complexity index is 151. The maximum Gasteiger partial charge on any atom is 0.139 e.